The summed E-state index contributed by atoms with van der Waals surface area (Å²) in [5, 5.41) is 39.8. The first-order valence-electron chi connectivity index (χ1n) is 5.62. The quantitative estimate of drug-likeness (QED) is 0.328. The van der Waals surface area contributed by atoms with E-state index in [9.17, 15) is 20.1 Å². The molecule has 1 saturated heterocycles. The molecular formula is C9H18BNO7. The molecule has 1 fully saturated rings. The standard InChI is InChI=1S/C9H18BNO7/c1-5(13)11-4-10-17-3-7(15)9(18-10)8(16)6(14)2-12/h6-9,12,14-16H,2-4H2,1H3,(H,11,13). The maximum absolute atomic E-state index is 10.7. The van der Waals surface area contributed by atoms with Crippen molar-refractivity contribution in [3.63, 3.8) is 0 Å². The average molecular weight is 263 g/mol. The van der Waals surface area contributed by atoms with Crippen molar-refractivity contribution in [1.82, 2.24) is 5.32 Å². The lowest BCUT2D eigenvalue weighted by Crippen LogP contribution is -2.57. The van der Waals surface area contributed by atoms with Crippen molar-refractivity contribution in [2.24, 2.45) is 0 Å². The van der Waals surface area contributed by atoms with Gasteiger partial charge in [0.05, 0.1) is 25.8 Å². The summed E-state index contributed by atoms with van der Waals surface area (Å²) in [6.07, 6.45) is -4.98. The normalized spacial score (nSPS) is 27.7. The number of nitrogens with one attached hydrogen (secondary N) is 1. The van der Waals surface area contributed by atoms with Crippen molar-refractivity contribution in [1.29, 1.82) is 0 Å². The van der Waals surface area contributed by atoms with Gasteiger partial charge in [0.25, 0.3) is 0 Å². The van der Waals surface area contributed by atoms with E-state index in [0.29, 0.717) is 0 Å². The molecule has 9 heteroatoms. The van der Waals surface area contributed by atoms with E-state index in [4.69, 9.17) is 14.4 Å². The molecule has 4 atom stereocenters. The Hall–Kier alpha value is -0.705. The molecule has 0 bridgehead atoms. The maximum Gasteiger partial charge on any atom is 0.477 e. The number of carbonyl (C=O) groups is 1. The summed E-state index contributed by atoms with van der Waals surface area (Å²) < 4.78 is 10.3. The number of rotatable bonds is 5. The van der Waals surface area contributed by atoms with Crippen LogP contribution in [0.5, 0.6) is 0 Å². The summed E-state index contributed by atoms with van der Waals surface area (Å²) in [7, 11) is -0.817. The highest BCUT2D eigenvalue weighted by atomic mass is 16.6. The molecule has 1 aliphatic rings. The second-order valence-electron chi connectivity index (χ2n) is 4.11. The predicted octanol–water partition coefficient (Wildman–Crippen LogP) is -3.36. The molecule has 1 rings (SSSR count). The molecule has 0 aromatic heterocycles. The lowest BCUT2D eigenvalue weighted by molar-refractivity contribution is -0.138. The molecular weight excluding hydrogens is 245 g/mol. The Labute approximate surface area is 105 Å². The molecule has 8 nitrogen and oxygen atoms in total. The van der Waals surface area contributed by atoms with E-state index in [1.165, 1.54) is 6.92 Å². The van der Waals surface area contributed by atoms with Crippen LogP contribution in [0.1, 0.15) is 6.92 Å². The molecule has 0 aromatic carbocycles. The van der Waals surface area contributed by atoms with Crippen LogP contribution in [-0.2, 0) is 14.1 Å². The van der Waals surface area contributed by atoms with Crippen LogP contribution in [0.4, 0.5) is 0 Å². The largest absolute Gasteiger partial charge is 0.477 e. The number of hydrogen-bond donors (Lipinski definition) is 5. The molecule has 4 unspecified atom stereocenters. The van der Waals surface area contributed by atoms with Crippen LogP contribution in [0.25, 0.3) is 0 Å². The molecule has 0 spiro atoms. The van der Waals surface area contributed by atoms with E-state index >= 15 is 0 Å². The van der Waals surface area contributed by atoms with Crippen molar-refractivity contribution < 1.29 is 34.5 Å². The first kappa shape index (κ1) is 15.4. The third kappa shape index (κ3) is 4.20. The van der Waals surface area contributed by atoms with Crippen LogP contribution >= 0.6 is 0 Å². The van der Waals surface area contributed by atoms with Gasteiger partial charge in [-0.3, -0.25) is 4.79 Å². The molecule has 1 heterocycles. The summed E-state index contributed by atoms with van der Waals surface area (Å²) in [6.45, 7) is 0.592. The summed E-state index contributed by atoms with van der Waals surface area (Å²) >= 11 is 0. The van der Waals surface area contributed by atoms with E-state index in [1.807, 2.05) is 0 Å². The fourth-order valence-electron chi connectivity index (χ4n) is 1.58. The molecule has 0 aliphatic carbocycles. The molecule has 104 valence electrons. The Morgan fingerprint density at radius 1 is 1.56 bits per heavy atom. The monoisotopic (exact) mass is 263 g/mol. The number of carbonyl (C=O) groups excluding carboxylic acids is 1. The highest BCUT2D eigenvalue weighted by Crippen LogP contribution is 2.16. The van der Waals surface area contributed by atoms with Crippen molar-refractivity contribution in [3.8, 4) is 0 Å². The van der Waals surface area contributed by atoms with Crippen molar-refractivity contribution >= 4 is 13.0 Å². The van der Waals surface area contributed by atoms with Crippen molar-refractivity contribution in [2.45, 2.75) is 31.3 Å². The fraction of sp³-hybridized carbons (Fsp3) is 0.889. The molecule has 1 amide bonds. The summed E-state index contributed by atoms with van der Waals surface area (Å²) in [6, 6.07) is 0. The molecule has 0 aromatic rings. The zero-order valence-corrected chi connectivity index (χ0v) is 10.0. The average Bonchev–Trinajstić information content (AvgIpc) is 2.35. The van der Waals surface area contributed by atoms with Gasteiger partial charge in [-0.1, -0.05) is 0 Å². The smallest absolute Gasteiger partial charge is 0.407 e. The van der Waals surface area contributed by atoms with Gasteiger partial charge in [0, 0.05) is 6.92 Å². The highest BCUT2D eigenvalue weighted by Gasteiger charge is 2.40. The van der Waals surface area contributed by atoms with Gasteiger partial charge in [0.1, 0.15) is 18.3 Å². The second-order valence-corrected chi connectivity index (χ2v) is 4.11. The Kier molecular flexibility index (Phi) is 5.99. The van der Waals surface area contributed by atoms with Gasteiger partial charge >= 0.3 is 7.12 Å². The SMILES string of the molecule is CC(=O)NCB1OCC(O)C(C(O)C(O)CO)O1. The van der Waals surface area contributed by atoms with Gasteiger partial charge in [-0.25, -0.2) is 0 Å². The Morgan fingerprint density at radius 2 is 2.22 bits per heavy atom. The Bertz CT molecular complexity index is 280. The number of hydrogen-bond acceptors (Lipinski definition) is 7. The van der Waals surface area contributed by atoms with E-state index in [-0.39, 0.29) is 19.0 Å². The number of aliphatic hydroxyl groups is 4. The third-order valence-corrected chi connectivity index (χ3v) is 2.58. The third-order valence-electron chi connectivity index (χ3n) is 2.58. The lowest BCUT2D eigenvalue weighted by Gasteiger charge is -2.36. The van der Waals surface area contributed by atoms with Crippen LogP contribution in [0.2, 0.25) is 0 Å². The topological polar surface area (TPSA) is 128 Å². The Morgan fingerprint density at radius 3 is 2.78 bits per heavy atom. The first-order valence-corrected chi connectivity index (χ1v) is 5.62. The minimum Gasteiger partial charge on any atom is -0.407 e. The fourth-order valence-corrected chi connectivity index (χ4v) is 1.58. The van der Waals surface area contributed by atoms with Crippen LogP contribution in [0, 0.1) is 0 Å². The lowest BCUT2D eigenvalue weighted by atomic mass is 9.85. The van der Waals surface area contributed by atoms with Gasteiger partial charge in [0.2, 0.25) is 5.91 Å². The highest BCUT2D eigenvalue weighted by molar-refractivity contribution is 6.45. The van der Waals surface area contributed by atoms with Gasteiger partial charge in [-0.2, -0.15) is 0 Å². The van der Waals surface area contributed by atoms with Crippen molar-refractivity contribution in [2.75, 3.05) is 19.7 Å². The Balaban J connectivity index is 2.52. The minimum atomic E-state index is -1.44. The zero-order valence-electron chi connectivity index (χ0n) is 10.0. The second kappa shape index (κ2) is 7.02. The summed E-state index contributed by atoms with van der Waals surface area (Å²) in [5.74, 6) is -0.263. The first-order chi connectivity index (χ1) is 8.45. The zero-order chi connectivity index (χ0) is 13.7. The molecule has 5 N–H and O–H groups in total. The molecule has 0 saturated carbocycles. The van der Waals surface area contributed by atoms with Gasteiger partial charge in [-0.15, -0.1) is 0 Å². The predicted molar refractivity (Wildman–Crippen MR) is 60.4 cm³/mol. The van der Waals surface area contributed by atoms with Gasteiger partial charge in [0.15, 0.2) is 0 Å². The van der Waals surface area contributed by atoms with E-state index in [2.05, 4.69) is 5.32 Å². The molecule has 18 heavy (non-hydrogen) atoms. The number of amides is 1. The van der Waals surface area contributed by atoms with Gasteiger partial charge < -0.3 is 35.1 Å². The van der Waals surface area contributed by atoms with E-state index in [1.54, 1.807) is 0 Å². The van der Waals surface area contributed by atoms with Crippen LogP contribution < -0.4 is 5.32 Å². The van der Waals surface area contributed by atoms with Crippen LogP contribution in [-0.4, -0.2) is 77.5 Å². The minimum absolute atomic E-state index is 0.0699. The summed E-state index contributed by atoms with van der Waals surface area (Å²) in [4.78, 5) is 10.7. The van der Waals surface area contributed by atoms with Crippen molar-refractivity contribution in [3.05, 3.63) is 0 Å². The summed E-state index contributed by atoms with van der Waals surface area (Å²) in [5.41, 5.74) is 0. The van der Waals surface area contributed by atoms with E-state index in [0.717, 1.165) is 0 Å². The molecule has 0 radical (unpaired) electrons. The van der Waals surface area contributed by atoms with Crippen LogP contribution in [0.3, 0.4) is 0 Å². The number of aliphatic hydroxyl groups excluding tert-OH is 4. The van der Waals surface area contributed by atoms with E-state index < -0.39 is 38.1 Å². The molecule has 1 aliphatic heterocycles. The maximum atomic E-state index is 10.7. The van der Waals surface area contributed by atoms with Gasteiger partial charge in [-0.05, 0) is 0 Å². The van der Waals surface area contributed by atoms with Crippen LogP contribution in [0.15, 0.2) is 0 Å².